The van der Waals surface area contributed by atoms with Crippen molar-refractivity contribution in [3.8, 4) is 11.3 Å². The molecule has 24 heavy (non-hydrogen) atoms. The van der Waals surface area contributed by atoms with Gasteiger partial charge in [0.05, 0.1) is 11.3 Å². The number of carbonyl (C=O) groups is 1. The molecule has 1 heterocycles. The minimum Gasteiger partial charge on any atom is -0.284 e. The number of anilines is 1. The summed E-state index contributed by atoms with van der Waals surface area (Å²) >= 11 is 7.24. The zero-order valence-electron chi connectivity index (χ0n) is 12.9. The van der Waals surface area contributed by atoms with E-state index in [9.17, 15) is 9.18 Å². The van der Waals surface area contributed by atoms with Gasteiger partial charge in [-0.2, -0.15) is 0 Å². The number of rotatable bonds is 4. The number of amides is 1. The first kappa shape index (κ1) is 16.6. The second-order valence-electron chi connectivity index (χ2n) is 5.05. The molecule has 1 amide bonds. The maximum absolute atomic E-state index is 13.9. The summed E-state index contributed by atoms with van der Waals surface area (Å²) in [6.45, 7) is 2.24. The van der Waals surface area contributed by atoms with E-state index in [0.717, 1.165) is 11.3 Å². The average molecular weight is 361 g/mol. The van der Waals surface area contributed by atoms with Crippen LogP contribution in [0.25, 0.3) is 11.3 Å². The van der Waals surface area contributed by atoms with Gasteiger partial charge in [0.25, 0.3) is 5.91 Å². The van der Waals surface area contributed by atoms with Crippen LogP contribution in [-0.2, 0) is 0 Å². The Bertz CT molecular complexity index is 863. The van der Waals surface area contributed by atoms with Crippen LogP contribution >= 0.6 is 22.9 Å². The van der Waals surface area contributed by atoms with E-state index in [1.54, 1.807) is 24.3 Å². The number of hydrogen-bond donors (Lipinski definition) is 0. The molecule has 0 aliphatic rings. The van der Waals surface area contributed by atoms with Crippen LogP contribution in [0.2, 0.25) is 5.02 Å². The predicted molar refractivity (Wildman–Crippen MR) is 96.3 cm³/mol. The Labute approximate surface area is 148 Å². The molecular weight excluding hydrogens is 347 g/mol. The lowest BCUT2D eigenvalue weighted by atomic mass is 10.2. The Balaban J connectivity index is 1.91. The van der Waals surface area contributed by atoms with Crippen LogP contribution in [0.3, 0.4) is 0 Å². The van der Waals surface area contributed by atoms with Crippen molar-refractivity contribution in [2.24, 2.45) is 0 Å². The summed E-state index contributed by atoms with van der Waals surface area (Å²) in [4.78, 5) is 18.6. The van der Waals surface area contributed by atoms with Gasteiger partial charge in [0.2, 0.25) is 0 Å². The third-order valence-electron chi connectivity index (χ3n) is 3.53. The molecule has 0 fully saturated rings. The third-order valence-corrected chi connectivity index (χ3v) is 4.64. The first-order valence-corrected chi connectivity index (χ1v) is 8.63. The van der Waals surface area contributed by atoms with E-state index in [4.69, 9.17) is 11.6 Å². The van der Waals surface area contributed by atoms with Crippen molar-refractivity contribution in [2.75, 3.05) is 11.4 Å². The van der Waals surface area contributed by atoms with Crippen molar-refractivity contribution in [2.45, 2.75) is 6.92 Å². The zero-order chi connectivity index (χ0) is 17.1. The Hall–Kier alpha value is -2.24. The molecule has 6 heteroatoms. The molecule has 0 N–H and O–H groups in total. The van der Waals surface area contributed by atoms with Crippen molar-refractivity contribution in [1.29, 1.82) is 0 Å². The van der Waals surface area contributed by atoms with E-state index in [1.807, 2.05) is 24.4 Å². The van der Waals surface area contributed by atoms with Gasteiger partial charge in [-0.05, 0) is 31.2 Å². The molecule has 0 atom stereocenters. The van der Waals surface area contributed by atoms with Crippen LogP contribution in [0.4, 0.5) is 9.52 Å². The second kappa shape index (κ2) is 7.11. The molecule has 0 unspecified atom stereocenters. The van der Waals surface area contributed by atoms with Gasteiger partial charge in [0, 0.05) is 22.5 Å². The molecule has 0 aliphatic carbocycles. The number of nitrogens with zero attached hydrogens (tertiary/aromatic N) is 2. The molecule has 0 spiro atoms. The smallest absolute Gasteiger partial charge is 0.263 e. The van der Waals surface area contributed by atoms with Crippen LogP contribution in [0.1, 0.15) is 17.3 Å². The summed E-state index contributed by atoms with van der Waals surface area (Å²) in [6, 6.07) is 13.3. The van der Waals surface area contributed by atoms with Crippen molar-refractivity contribution >= 4 is 34.0 Å². The van der Waals surface area contributed by atoms with Crippen LogP contribution in [0.5, 0.6) is 0 Å². The molecule has 0 aliphatic heterocycles. The average Bonchev–Trinajstić information content (AvgIpc) is 3.06. The van der Waals surface area contributed by atoms with Gasteiger partial charge in [0.1, 0.15) is 5.82 Å². The Kier molecular flexibility index (Phi) is 4.92. The largest absolute Gasteiger partial charge is 0.284 e. The van der Waals surface area contributed by atoms with Gasteiger partial charge in [-0.3, -0.25) is 9.69 Å². The van der Waals surface area contributed by atoms with E-state index in [2.05, 4.69) is 4.98 Å². The van der Waals surface area contributed by atoms with Gasteiger partial charge in [0.15, 0.2) is 5.13 Å². The summed E-state index contributed by atoms with van der Waals surface area (Å²) in [5.41, 5.74) is 1.71. The minimum atomic E-state index is -0.532. The number of aromatic nitrogens is 1. The summed E-state index contributed by atoms with van der Waals surface area (Å²) in [7, 11) is 0. The van der Waals surface area contributed by atoms with Gasteiger partial charge in [-0.1, -0.05) is 35.9 Å². The highest BCUT2D eigenvalue weighted by molar-refractivity contribution is 7.14. The van der Waals surface area contributed by atoms with Crippen molar-refractivity contribution < 1.29 is 9.18 Å². The van der Waals surface area contributed by atoms with Crippen molar-refractivity contribution in [1.82, 2.24) is 4.98 Å². The standard InChI is InChI=1S/C18H14ClFN2OS/c1-2-22(17(23)14-5-3-4-6-15(14)20)18-21-16(11-24-18)12-7-9-13(19)10-8-12/h3-11H,2H2,1H3. The van der Waals surface area contributed by atoms with E-state index < -0.39 is 11.7 Å². The normalized spacial score (nSPS) is 10.6. The molecule has 0 saturated heterocycles. The number of hydrogen-bond acceptors (Lipinski definition) is 3. The van der Waals surface area contributed by atoms with Gasteiger partial charge < -0.3 is 0 Å². The van der Waals surface area contributed by atoms with Crippen LogP contribution in [0.15, 0.2) is 53.9 Å². The second-order valence-corrected chi connectivity index (χ2v) is 6.32. The highest BCUT2D eigenvalue weighted by atomic mass is 35.5. The fraction of sp³-hybridized carbons (Fsp3) is 0.111. The molecule has 3 rings (SSSR count). The van der Waals surface area contributed by atoms with Gasteiger partial charge >= 0.3 is 0 Å². The number of thiazole rings is 1. The van der Waals surface area contributed by atoms with E-state index in [-0.39, 0.29) is 5.56 Å². The summed E-state index contributed by atoms with van der Waals surface area (Å²) in [5.74, 6) is -0.928. The Morgan fingerprint density at radius 3 is 2.58 bits per heavy atom. The molecule has 1 aromatic heterocycles. The number of benzene rings is 2. The number of carbonyl (C=O) groups excluding carboxylic acids is 1. The highest BCUT2D eigenvalue weighted by Gasteiger charge is 2.21. The van der Waals surface area contributed by atoms with Crippen LogP contribution < -0.4 is 4.90 Å². The maximum atomic E-state index is 13.9. The summed E-state index contributed by atoms with van der Waals surface area (Å²) in [6.07, 6.45) is 0. The van der Waals surface area contributed by atoms with Crippen molar-refractivity contribution in [3.63, 3.8) is 0 Å². The molecule has 0 radical (unpaired) electrons. The molecule has 3 aromatic rings. The van der Waals surface area contributed by atoms with Crippen LogP contribution in [0, 0.1) is 5.82 Å². The lowest BCUT2D eigenvalue weighted by molar-refractivity contribution is 0.0984. The topological polar surface area (TPSA) is 33.2 Å². The molecule has 122 valence electrons. The third kappa shape index (κ3) is 3.32. The monoisotopic (exact) mass is 360 g/mol. The number of halogens is 2. The summed E-state index contributed by atoms with van der Waals surface area (Å²) in [5, 5.41) is 3.06. The fourth-order valence-corrected chi connectivity index (χ4v) is 3.31. The molecule has 0 saturated carbocycles. The Morgan fingerprint density at radius 1 is 1.21 bits per heavy atom. The molecule has 3 nitrogen and oxygen atoms in total. The lowest BCUT2D eigenvalue weighted by Gasteiger charge is -2.18. The Morgan fingerprint density at radius 2 is 1.92 bits per heavy atom. The van der Waals surface area contributed by atoms with Crippen LogP contribution in [-0.4, -0.2) is 17.4 Å². The first-order chi connectivity index (χ1) is 11.6. The van der Waals surface area contributed by atoms with E-state index >= 15 is 0 Å². The van der Waals surface area contributed by atoms with Gasteiger partial charge in [-0.25, -0.2) is 9.37 Å². The first-order valence-electron chi connectivity index (χ1n) is 7.38. The SMILES string of the molecule is CCN(C(=O)c1ccccc1F)c1nc(-c2ccc(Cl)cc2)cs1. The quantitative estimate of drug-likeness (QED) is 0.635. The predicted octanol–water partition coefficient (Wildman–Crippen LogP) is 5.27. The van der Waals surface area contributed by atoms with E-state index in [1.165, 1.54) is 28.4 Å². The fourth-order valence-electron chi connectivity index (χ4n) is 2.29. The molecule has 0 bridgehead atoms. The summed E-state index contributed by atoms with van der Waals surface area (Å²) < 4.78 is 13.9. The van der Waals surface area contributed by atoms with Gasteiger partial charge in [-0.15, -0.1) is 11.3 Å². The molecular formula is C18H14ClFN2OS. The molecule has 2 aromatic carbocycles. The minimum absolute atomic E-state index is 0.0441. The van der Waals surface area contributed by atoms with E-state index in [0.29, 0.717) is 16.7 Å². The maximum Gasteiger partial charge on any atom is 0.263 e. The zero-order valence-corrected chi connectivity index (χ0v) is 14.4. The van der Waals surface area contributed by atoms with Crippen molar-refractivity contribution in [3.05, 3.63) is 70.3 Å². The lowest BCUT2D eigenvalue weighted by Crippen LogP contribution is -2.31. The highest BCUT2D eigenvalue weighted by Crippen LogP contribution is 2.29.